The van der Waals surface area contributed by atoms with Gasteiger partial charge in [-0.05, 0) is 24.3 Å². The summed E-state index contributed by atoms with van der Waals surface area (Å²) in [6, 6.07) is 11.8. The van der Waals surface area contributed by atoms with Crippen LogP contribution in [0.5, 0.6) is 17.2 Å². The summed E-state index contributed by atoms with van der Waals surface area (Å²) in [6.07, 6.45) is 0.0239. The van der Waals surface area contributed by atoms with Crippen molar-refractivity contribution >= 4 is 23.3 Å². The minimum absolute atomic E-state index is 0.0239. The number of rotatable bonds is 8. The van der Waals surface area contributed by atoms with Crippen LogP contribution in [0.4, 0.5) is 5.69 Å². The lowest BCUT2D eigenvalue weighted by Gasteiger charge is -2.17. The van der Waals surface area contributed by atoms with Crippen molar-refractivity contribution < 1.29 is 33.3 Å². The van der Waals surface area contributed by atoms with Gasteiger partial charge in [-0.15, -0.1) is 0 Å². The predicted molar refractivity (Wildman–Crippen MR) is 108 cm³/mol. The molecule has 8 nitrogen and oxygen atoms in total. The Morgan fingerprint density at radius 1 is 1.00 bits per heavy atom. The van der Waals surface area contributed by atoms with Crippen molar-refractivity contribution in [3.63, 3.8) is 0 Å². The van der Waals surface area contributed by atoms with E-state index in [0.29, 0.717) is 22.9 Å². The zero-order valence-corrected chi connectivity index (χ0v) is 17.0. The highest BCUT2D eigenvalue weighted by atomic mass is 16.5. The van der Waals surface area contributed by atoms with E-state index in [9.17, 15) is 14.4 Å². The summed E-state index contributed by atoms with van der Waals surface area (Å²) in [5.74, 6) is -0.336. The first-order valence-corrected chi connectivity index (χ1v) is 9.33. The molecule has 1 aliphatic rings. The van der Waals surface area contributed by atoms with Gasteiger partial charge in [-0.25, -0.2) is 0 Å². The molecule has 1 amide bonds. The number of benzene rings is 2. The Kier molecular flexibility index (Phi) is 6.56. The first kappa shape index (κ1) is 21.2. The molecular formula is C22H23NO7. The zero-order chi connectivity index (χ0) is 21.7. The Balaban J connectivity index is 1.61. The summed E-state index contributed by atoms with van der Waals surface area (Å²) in [7, 11) is 4.49. The van der Waals surface area contributed by atoms with Gasteiger partial charge in [-0.3, -0.25) is 14.4 Å². The van der Waals surface area contributed by atoms with Crippen LogP contribution in [0.25, 0.3) is 0 Å². The lowest BCUT2D eigenvalue weighted by Crippen LogP contribution is -2.27. The maximum absolute atomic E-state index is 12.5. The van der Waals surface area contributed by atoms with Crippen molar-refractivity contribution in [2.24, 2.45) is 5.92 Å². The second-order valence-corrected chi connectivity index (χ2v) is 6.70. The number of hydrogen-bond acceptors (Lipinski definition) is 7. The highest BCUT2D eigenvalue weighted by molar-refractivity contribution is 6.02. The van der Waals surface area contributed by atoms with E-state index >= 15 is 0 Å². The third-order valence-corrected chi connectivity index (χ3v) is 4.88. The molecule has 3 rings (SSSR count). The third-order valence-electron chi connectivity index (χ3n) is 4.88. The number of carbonyl (C=O) groups excluding carboxylic acids is 3. The van der Waals surface area contributed by atoms with Crippen molar-refractivity contribution in [1.29, 1.82) is 0 Å². The van der Waals surface area contributed by atoms with Crippen molar-refractivity contribution in [2.75, 3.05) is 39.4 Å². The molecule has 0 radical (unpaired) electrons. The zero-order valence-electron chi connectivity index (χ0n) is 17.0. The largest absolute Gasteiger partial charge is 0.497 e. The highest BCUT2D eigenvalue weighted by Gasteiger charge is 2.36. The fourth-order valence-corrected chi connectivity index (χ4v) is 3.25. The number of amides is 1. The number of carbonyl (C=O) groups is 3. The number of esters is 1. The number of hydrogen-bond donors (Lipinski definition) is 0. The fourth-order valence-electron chi connectivity index (χ4n) is 3.25. The Morgan fingerprint density at radius 2 is 1.73 bits per heavy atom. The average molecular weight is 413 g/mol. The maximum Gasteiger partial charge on any atom is 0.311 e. The lowest BCUT2D eigenvalue weighted by molar-refractivity contribution is -0.147. The van der Waals surface area contributed by atoms with E-state index in [1.807, 2.05) is 0 Å². The van der Waals surface area contributed by atoms with Crippen molar-refractivity contribution in [3.05, 3.63) is 48.0 Å². The molecule has 0 aliphatic carbocycles. The molecule has 2 aromatic rings. The second-order valence-electron chi connectivity index (χ2n) is 6.70. The molecule has 1 atom stereocenters. The molecule has 1 aliphatic heterocycles. The standard InChI is InChI=1S/C22H23NO7/c1-27-16-6-4-5-15(10-16)23-12-14(9-21(23)25)22(26)30-13-19(24)18-8-7-17(28-2)11-20(18)29-3/h4-8,10-11,14H,9,12-13H2,1-3H3/t14-/m0/s1. The van der Waals surface area contributed by atoms with Gasteiger partial charge < -0.3 is 23.8 Å². The van der Waals surface area contributed by atoms with E-state index in [2.05, 4.69) is 0 Å². The molecule has 1 fully saturated rings. The van der Waals surface area contributed by atoms with E-state index in [0.717, 1.165) is 0 Å². The molecule has 0 N–H and O–H groups in total. The number of nitrogens with zero attached hydrogens (tertiary/aromatic N) is 1. The van der Waals surface area contributed by atoms with E-state index in [4.69, 9.17) is 18.9 Å². The van der Waals surface area contributed by atoms with Crippen LogP contribution in [0, 0.1) is 5.92 Å². The summed E-state index contributed by atoms with van der Waals surface area (Å²) < 4.78 is 20.7. The quantitative estimate of drug-likeness (QED) is 0.485. The van der Waals surface area contributed by atoms with Gasteiger partial charge in [0.25, 0.3) is 0 Å². The molecule has 2 aromatic carbocycles. The highest BCUT2D eigenvalue weighted by Crippen LogP contribution is 2.29. The first-order chi connectivity index (χ1) is 14.5. The van der Waals surface area contributed by atoms with Gasteiger partial charge in [0.15, 0.2) is 6.61 Å². The Hall–Kier alpha value is -3.55. The maximum atomic E-state index is 12.5. The summed E-state index contributed by atoms with van der Waals surface area (Å²) in [5, 5.41) is 0. The molecule has 1 heterocycles. The Labute approximate surface area is 174 Å². The summed E-state index contributed by atoms with van der Waals surface area (Å²) in [6.45, 7) is -0.254. The molecule has 0 saturated carbocycles. The summed E-state index contributed by atoms with van der Waals surface area (Å²) in [5.41, 5.74) is 0.931. The van der Waals surface area contributed by atoms with Crippen LogP contribution in [0.15, 0.2) is 42.5 Å². The van der Waals surface area contributed by atoms with Gasteiger partial charge >= 0.3 is 5.97 Å². The van der Waals surface area contributed by atoms with Gasteiger partial charge in [-0.2, -0.15) is 0 Å². The monoisotopic (exact) mass is 413 g/mol. The molecule has 0 bridgehead atoms. The molecule has 30 heavy (non-hydrogen) atoms. The summed E-state index contributed by atoms with van der Waals surface area (Å²) >= 11 is 0. The topological polar surface area (TPSA) is 91.4 Å². The van der Waals surface area contributed by atoms with Gasteiger partial charge in [0, 0.05) is 30.8 Å². The van der Waals surface area contributed by atoms with E-state index in [1.54, 1.807) is 49.6 Å². The minimum atomic E-state index is -0.644. The minimum Gasteiger partial charge on any atom is -0.497 e. The van der Waals surface area contributed by atoms with E-state index in [-0.39, 0.29) is 24.4 Å². The van der Waals surface area contributed by atoms with Crippen LogP contribution in [0.3, 0.4) is 0 Å². The molecule has 158 valence electrons. The Morgan fingerprint density at radius 3 is 2.43 bits per heavy atom. The van der Waals surface area contributed by atoms with Gasteiger partial charge in [0.05, 0.1) is 32.8 Å². The van der Waals surface area contributed by atoms with Crippen LogP contribution >= 0.6 is 0 Å². The molecular weight excluding hydrogens is 390 g/mol. The number of ketones is 1. The van der Waals surface area contributed by atoms with Crippen LogP contribution in [-0.2, 0) is 14.3 Å². The smallest absolute Gasteiger partial charge is 0.311 e. The van der Waals surface area contributed by atoms with Crippen LogP contribution < -0.4 is 19.1 Å². The summed E-state index contributed by atoms with van der Waals surface area (Å²) in [4.78, 5) is 38.8. The fraction of sp³-hybridized carbons (Fsp3) is 0.318. The van der Waals surface area contributed by atoms with Gasteiger partial charge in [0.2, 0.25) is 11.7 Å². The van der Waals surface area contributed by atoms with Crippen LogP contribution in [-0.4, -0.2) is 52.1 Å². The molecule has 0 unspecified atom stereocenters. The Bertz CT molecular complexity index is 956. The number of methoxy groups -OCH3 is 3. The SMILES string of the molecule is COc1cccc(N2C[C@@H](C(=O)OCC(=O)c3ccc(OC)cc3OC)CC2=O)c1. The third kappa shape index (κ3) is 4.53. The molecule has 0 aromatic heterocycles. The van der Waals surface area contributed by atoms with Crippen LogP contribution in [0.2, 0.25) is 0 Å². The van der Waals surface area contributed by atoms with E-state index < -0.39 is 24.3 Å². The van der Waals surface area contributed by atoms with E-state index in [1.165, 1.54) is 19.1 Å². The number of anilines is 1. The van der Waals surface area contributed by atoms with Crippen molar-refractivity contribution in [2.45, 2.75) is 6.42 Å². The first-order valence-electron chi connectivity index (χ1n) is 9.33. The molecule has 1 saturated heterocycles. The van der Waals surface area contributed by atoms with Gasteiger partial charge in [0.1, 0.15) is 17.2 Å². The van der Waals surface area contributed by atoms with Crippen LogP contribution in [0.1, 0.15) is 16.8 Å². The van der Waals surface area contributed by atoms with Crippen molar-refractivity contribution in [3.8, 4) is 17.2 Å². The number of Topliss-reactive ketones (excluding diaryl/α,β-unsaturated/α-hetero) is 1. The second kappa shape index (κ2) is 9.30. The average Bonchev–Trinajstić information content (AvgIpc) is 3.18. The lowest BCUT2D eigenvalue weighted by atomic mass is 10.1. The number of ether oxygens (including phenoxy) is 4. The normalized spacial score (nSPS) is 15.6. The van der Waals surface area contributed by atoms with Gasteiger partial charge in [-0.1, -0.05) is 6.07 Å². The molecule has 0 spiro atoms. The predicted octanol–water partition coefficient (Wildman–Crippen LogP) is 2.49. The molecule has 8 heteroatoms. The van der Waals surface area contributed by atoms with Crippen molar-refractivity contribution in [1.82, 2.24) is 0 Å².